The highest BCUT2D eigenvalue weighted by atomic mass is 35.5. The van der Waals surface area contributed by atoms with E-state index in [-0.39, 0.29) is 12.5 Å². The molecular formula is C16H25ClN4O3S. The molecule has 1 heterocycles. The van der Waals surface area contributed by atoms with E-state index >= 15 is 0 Å². The normalized spacial score (nSPS) is 17.0. The summed E-state index contributed by atoms with van der Waals surface area (Å²) in [5.41, 5.74) is 0.653. The first kappa shape index (κ1) is 20.1. The van der Waals surface area contributed by atoms with Crippen LogP contribution in [0.15, 0.2) is 24.3 Å². The van der Waals surface area contributed by atoms with Gasteiger partial charge in [0.25, 0.3) is 10.2 Å². The first-order valence-corrected chi connectivity index (χ1v) is 10.2. The molecular weight excluding hydrogens is 364 g/mol. The fourth-order valence-electron chi connectivity index (χ4n) is 2.80. The molecule has 0 bridgehead atoms. The van der Waals surface area contributed by atoms with Crippen molar-refractivity contribution in [2.45, 2.75) is 13.8 Å². The molecule has 0 saturated carbocycles. The maximum atomic E-state index is 12.5. The van der Waals surface area contributed by atoms with Crippen LogP contribution >= 0.6 is 11.6 Å². The largest absolute Gasteiger partial charge is 0.325 e. The summed E-state index contributed by atoms with van der Waals surface area (Å²) < 4.78 is 27.9. The quantitative estimate of drug-likeness (QED) is 0.768. The first-order valence-electron chi connectivity index (χ1n) is 8.39. The number of nitrogens with zero attached hydrogens (tertiary/aromatic N) is 3. The molecule has 1 aromatic carbocycles. The van der Waals surface area contributed by atoms with Crippen LogP contribution in [0.25, 0.3) is 0 Å². The molecule has 1 aliphatic heterocycles. The number of carbonyl (C=O) groups is 1. The number of rotatable bonds is 7. The van der Waals surface area contributed by atoms with Gasteiger partial charge in [0.1, 0.15) is 0 Å². The van der Waals surface area contributed by atoms with Crippen molar-refractivity contribution in [3.05, 3.63) is 29.3 Å². The molecule has 25 heavy (non-hydrogen) atoms. The number of benzene rings is 1. The van der Waals surface area contributed by atoms with Crippen LogP contribution < -0.4 is 5.32 Å². The van der Waals surface area contributed by atoms with E-state index in [1.807, 2.05) is 18.7 Å². The lowest BCUT2D eigenvalue weighted by Crippen LogP contribution is -2.54. The number of anilines is 1. The second-order valence-corrected chi connectivity index (χ2v) is 8.19. The van der Waals surface area contributed by atoms with E-state index < -0.39 is 10.2 Å². The zero-order valence-electron chi connectivity index (χ0n) is 14.6. The number of hydrogen-bond acceptors (Lipinski definition) is 4. The maximum absolute atomic E-state index is 12.5. The zero-order valence-corrected chi connectivity index (χ0v) is 16.2. The fraction of sp³-hybridized carbons (Fsp3) is 0.562. The van der Waals surface area contributed by atoms with E-state index in [1.54, 1.807) is 24.3 Å². The minimum atomic E-state index is -3.40. The van der Waals surface area contributed by atoms with Gasteiger partial charge in [-0.15, -0.1) is 0 Å². The number of nitrogens with one attached hydrogen (secondary N) is 1. The van der Waals surface area contributed by atoms with E-state index in [9.17, 15) is 13.2 Å². The minimum Gasteiger partial charge on any atom is -0.325 e. The number of piperazine rings is 1. The zero-order chi connectivity index (χ0) is 18.4. The number of carbonyl (C=O) groups excluding carboxylic acids is 1. The minimum absolute atomic E-state index is 0.137. The van der Waals surface area contributed by atoms with Crippen molar-refractivity contribution in [1.29, 1.82) is 0 Å². The molecule has 1 N–H and O–H groups in total. The Morgan fingerprint density at radius 3 is 2.40 bits per heavy atom. The van der Waals surface area contributed by atoms with Crippen molar-refractivity contribution in [3.63, 3.8) is 0 Å². The average Bonchev–Trinajstić information content (AvgIpc) is 2.56. The van der Waals surface area contributed by atoms with E-state index in [4.69, 9.17) is 11.6 Å². The summed E-state index contributed by atoms with van der Waals surface area (Å²) >= 11 is 5.90. The Balaban J connectivity index is 1.85. The summed E-state index contributed by atoms with van der Waals surface area (Å²) in [5, 5.41) is 3.37. The van der Waals surface area contributed by atoms with Crippen LogP contribution in [0.1, 0.15) is 13.8 Å². The molecule has 0 aromatic heterocycles. The summed E-state index contributed by atoms with van der Waals surface area (Å²) in [4.78, 5) is 14.1. The maximum Gasteiger partial charge on any atom is 0.282 e. The highest BCUT2D eigenvalue weighted by Crippen LogP contribution is 2.15. The number of hydrogen-bond donors (Lipinski definition) is 1. The summed E-state index contributed by atoms with van der Waals surface area (Å²) in [5.74, 6) is -0.137. The third-order valence-electron chi connectivity index (χ3n) is 4.16. The highest BCUT2D eigenvalue weighted by molar-refractivity contribution is 7.86. The van der Waals surface area contributed by atoms with Gasteiger partial charge in [-0.3, -0.25) is 9.69 Å². The molecule has 1 saturated heterocycles. The van der Waals surface area contributed by atoms with Crippen molar-refractivity contribution in [1.82, 2.24) is 13.5 Å². The van der Waals surface area contributed by atoms with Crippen LogP contribution in [0.4, 0.5) is 5.69 Å². The Morgan fingerprint density at radius 2 is 1.84 bits per heavy atom. The monoisotopic (exact) mass is 388 g/mol. The van der Waals surface area contributed by atoms with Gasteiger partial charge < -0.3 is 5.32 Å². The molecule has 9 heteroatoms. The molecule has 0 aliphatic carbocycles. The Kier molecular flexibility index (Phi) is 7.21. The van der Waals surface area contributed by atoms with Gasteiger partial charge in [0, 0.05) is 50.0 Å². The summed E-state index contributed by atoms with van der Waals surface area (Å²) in [7, 11) is -3.40. The van der Waals surface area contributed by atoms with E-state index in [1.165, 1.54) is 8.61 Å². The lowest BCUT2D eigenvalue weighted by molar-refractivity contribution is -0.117. The second-order valence-electron chi connectivity index (χ2n) is 5.83. The molecule has 140 valence electrons. The molecule has 1 aromatic rings. The van der Waals surface area contributed by atoms with E-state index in [0.717, 1.165) is 0 Å². The number of halogens is 1. The highest BCUT2D eigenvalue weighted by Gasteiger charge is 2.31. The molecule has 1 aliphatic rings. The van der Waals surface area contributed by atoms with Crippen LogP contribution in [0.3, 0.4) is 0 Å². The predicted molar refractivity (Wildman–Crippen MR) is 99.9 cm³/mol. The third kappa shape index (κ3) is 5.39. The van der Waals surface area contributed by atoms with Crippen LogP contribution in [0.2, 0.25) is 5.02 Å². The van der Waals surface area contributed by atoms with Crippen molar-refractivity contribution in [2.24, 2.45) is 0 Å². The fourth-order valence-corrected chi connectivity index (χ4v) is 4.60. The van der Waals surface area contributed by atoms with Gasteiger partial charge in [-0.05, 0) is 18.2 Å². The second kappa shape index (κ2) is 8.95. The van der Waals surface area contributed by atoms with Gasteiger partial charge >= 0.3 is 0 Å². The summed E-state index contributed by atoms with van der Waals surface area (Å²) in [6.45, 7) is 6.66. The molecule has 0 unspecified atom stereocenters. The van der Waals surface area contributed by atoms with Crippen molar-refractivity contribution >= 4 is 33.4 Å². The average molecular weight is 389 g/mol. The Hall–Kier alpha value is -1.19. The van der Waals surface area contributed by atoms with Crippen LogP contribution in [0, 0.1) is 0 Å². The van der Waals surface area contributed by atoms with Crippen molar-refractivity contribution in [3.8, 4) is 0 Å². The Bertz CT molecular complexity index is 686. The van der Waals surface area contributed by atoms with Gasteiger partial charge in [0.15, 0.2) is 0 Å². The Morgan fingerprint density at radius 1 is 1.20 bits per heavy atom. The molecule has 1 fully saturated rings. The molecule has 0 spiro atoms. The van der Waals surface area contributed by atoms with Gasteiger partial charge in [0.2, 0.25) is 5.91 Å². The summed E-state index contributed by atoms with van der Waals surface area (Å²) in [6, 6.07) is 6.98. The van der Waals surface area contributed by atoms with Crippen molar-refractivity contribution in [2.75, 3.05) is 51.1 Å². The number of amides is 1. The third-order valence-corrected chi connectivity index (χ3v) is 6.59. The summed E-state index contributed by atoms with van der Waals surface area (Å²) in [6.07, 6.45) is 0. The standard InChI is InChI=1S/C16H25ClN4O3S/c1-3-20(4-2)25(23,24)21-10-8-19(9-11-21)13-16(22)18-15-7-5-6-14(17)12-15/h5-7,12H,3-4,8-11,13H2,1-2H3,(H,18,22). The Labute approximate surface area is 154 Å². The van der Waals surface area contributed by atoms with Crippen LogP contribution in [0.5, 0.6) is 0 Å². The topological polar surface area (TPSA) is 73.0 Å². The van der Waals surface area contributed by atoms with Gasteiger partial charge in [-0.1, -0.05) is 31.5 Å². The molecule has 0 atom stereocenters. The molecule has 0 radical (unpaired) electrons. The predicted octanol–water partition coefficient (Wildman–Crippen LogP) is 1.48. The van der Waals surface area contributed by atoms with Crippen LogP contribution in [-0.2, 0) is 15.0 Å². The lowest BCUT2D eigenvalue weighted by Gasteiger charge is -2.35. The first-order chi connectivity index (χ1) is 11.9. The van der Waals surface area contributed by atoms with Gasteiger partial charge in [0.05, 0.1) is 6.54 Å². The molecule has 7 nitrogen and oxygen atoms in total. The lowest BCUT2D eigenvalue weighted by atomic mass is 10.3. The van der Waals surface area contributed by atoms with Gasteiger partial charge in [-0.2, -0.15) is 17.0 Å². The SMILES string of the molecule is CCN(CC)S(=O)(=O)N1CCN(CC(=O)Nc2cccc(Cl)c2)CC1. The van der Waals surface area contributed by atoms with Crippen LogP contribution in [-0.4, -0.2) is 73.6 Å². The molecule has 2 rings (SSSR count). The van der Waals surface area contributed by atoms with E-state index in [2.05, 4.69) is 5.32 Å². The van der Waals surface area contributed by atoms with Crippen molar-refractivity contribution < 1.29 is 13.2 Å². The smallest absolute Gasteiger partial charge is 0.282 e. The molecule has 1 amide bonds. The van der Waals surface area contributed by atoms with E-state index in [0.29, 0.717) is 50.0 Å². The van der Waals surface area contributed by atoms with Gasteiger partial charge in [-0.25, -0.2) is 0 Å².